The lowest BCUT2D eigenvalue weighted by Crippen LogP contribution is -2.11. The molecule has 0 saturated heterocycles. The lowest BCUT2D eigenvalue weighted by atomic mass is 10.3. The fraction of sp³-hybridized carbons (Fsp3) is 0. The van der Waals surface area contributed by atoms with Gasteiger partial charge in [0, 0.05) is 6.07 Å². The van der Waals surface area contributed by atoms with Crippen LogP contribution in [0.25, 0.3) is 20.4 Å². The molecule has 0 radical (unpaired) electrons. The minimum absolute atomic E-state index is 0.0452. The molecule has 10 nitrogen and oxygen atoms in total. The maximum Gasteiger partial charge on any atom is 0.265 e. The molecular formula is C14H12N4O6S4. The maximum absolute atomic E-state index is 11.0. The Hall–Kier alpha value is -2.36. The molecule has 2 aromatic carbocycles. The van der Waals surface area contributed by atoms with Crippen LogP contribution in [0.1, 0.15) is 0 Å². The molecule has 2 heterocycles. The van der Waals surface area contributed by atoms with E-state index in [0.717, 1.165) is 22.7 Å². The molecular weight excluding hydrogens is 448 g/mol. The van der Waals surface area contributed by atoms with Crippen molar-refractivity contribution < 1.29 is 27.0 Å². The van der Waals surface area contributed by atoms with Crippen LogP contribution in [-0.2, 0) is 20.0 Å². The summed E-state index contributed by atoms with van der Waals surface area (Å²) in [6, 6.07) is 8.87. The van der Waals surface area contributed by atoms with E-state index in [0.29, 0.717) is 20.4 Å². The van der Waals surface area contributed by atoms with Crippen molar-refractivity contribution in [3.05, 3.63) is 36.4 Å². The van der Waals surface area contributed by atoms with Crippen molar-refractivity contribution in [2.45, 2.75) is 8.68 Å². The number of phenolic OH excluding ortho intramolecular Hbond substituents is 2. The maximum atomic E-state index is 11.0. The Kier molecular flexibility index (Phi) is 5.26. The average molecular weight is 461 g/mol. The van der Waals surface area contributed by atoms with Crippen molar-refractivity contribution in [3.63, 3.8) is 0 Å². The van der Waals surface area contributed by atoms with Crippen molar-refractivity contribution in [2.24, 2.45) is 10.3 Å². The van der Waals surface area contributed by atoms with E-state index in [4.69, 9.17) is 20.5 Å². The zero-order chi connectivity index (χ0) is 20.7. The number of nitrogens with two attached hydrogens (primary N) is 2. The first-order chi connectivity index (χ1) is 12.9. The molecule has 28 heavy (non-hydrogen) atoms. The van der Waals surface area contributed by atoms with Gasteiger partial charge in [-0.2, -0.15) is 0 Å². The lowest BCUT2D eigenvalue weighted by Gasteiger charge is -1.88. The Morgan fingerprint density at radius 1 is 0.714 bits per heavy atom. The lowest BCUT2D eigenvalue weighted by molar-refractivity contribution is 0.475. The Morgan fingerprint density at radius 3 is 1.82 bits per heavy atom. The third-order valence-corrected chi connectivity index (χ3v) is 7.88. The third-order valence-electron chi connectivity index (χ3n) is 3.19. The van der Waals surface area contributed by atoms with E-state index in [1.807, 2.05) is 0 Å². The number of benzene rings is 2. The van der Waals surface area contributed by atoms with Crippen molar-refractivity contribution in [3.8, 4) is 11.5 Å². The predicted octanol–water partition coefficient (Wildman–Crippen LogP) is 1.30. The highest BCUT2D eigenvalue weighted by molar-refractivity contribution is 7.91. The van der Waals surface area contributed by atoms with Gasteiger partial charge in [-0.25, -0.2) is 37.1 Å². The normalized spacial score (nSPS) is 12.1. The summed E-state index contributed by atoms with van der Waals surface area (Å²) in [7, 11) is -7.50. The molecule has 0 aliphatic carbocycles. The smallest absolute Gasteiger partial charge is 0.265 e. The second-order valence-corrected chi connectivity index (χ2v) is 10.9. The van der Waals surface area contributed by atoms with Gasteiger partial charge in [0.1, 0.15) is 11.5 Å². The van der Waals surface area contributed by atoms with Crippen LogP contribution in [0.4, 0.5) is 0 Å². The van der Waals surface area contributed by atoms with E-state index in [-0.39, 0.29) is 20.2 Å². The second-order valence-electron chi connectivity index (χ2n) is 5.35. The van der Waals surface area contributed by atoms with Gasteiger partial charge < -0.3 is 10.2 Å². The molecule has 2 aromatic heterocycles. The summed E-state index contributed by atoms with van der Waals surface area (Å²) in [4.78, 5) is 7.61. The number of thiazole rings is 2. The topological polar surface area (TPSA) is 187 Å². The highest BCUT2D eigenvalue weighted by Gasteiger charge is 2.15. The Labute approximate surface area is 166 Å². The third kappa shape index (κ3) is 4.54. The van der Waals surface area contributed by atoms with Crippen LogP contribution in [0.2, 0.25) is 0 Å². The molecule has 148 valence electrons. The number of hydrogen-bond acceptors (Lipinski definition) is 10. The summed E-state index contributed by atoms with van der Waals surface area (Å²) in [5, 5.41) is 28.1. The van der Waals surface area contributed by atoms with Crippen LogP contribution in [0, 0.1) is 0 Å². The zero-order valence-corrected chi connectivity index (χ0v) is 16.9. The van der Waals surface area contributed by atoms with Gasteiger partial charge >= 0.3 is 0 Å². The summed E-state index contributed by atoms with van der Waals surface area (Å²) in [6.45, 7) is 0. The van der Waals surface area contributed by atoms with E-state index in [9.17, 15) is 16.8 Å². The summed E-state index contributed by atoms with van der Waals surface area (Å²) in [6.07, 6.45) is 0. The van der Waals surface area contributed by atoms with E-state index >= 15 is 0 Å². The fourth-order valence-electron chi connectivity index (χ4n) is 2.03. The molecule has 0 spiro atoms. The van der Waals surface area contributed by atoms with Crippen LogP contribution >= 0.6 is 22.7 Å². The van der Waals surface area contributed by atoms with Gasteiger partial charge in [0.25, 0.3) is 20.0 Å². The van der Waals surface area contributed by atoms with Crippen molar-refractivity contribution in [1.29, 1.82) is 0 Å². The van der Waals surface area contributed by atoms with Gasteiger partial charge in [0.15, 0.2) is 0 Å². The van der Waals surface area contributed by atoms with Gasteiger partial charge in [0.05, 0.1) is 20.4 Å². The minimum Gasteiger partial charge on any atom is -0.508 e. The molecule has 4 rings (SSSR count). The summed E-state index contributed by atoms with van der Waals surface area (Å²) >= 11 is 1.91. The largest absolute Gasteiger partial charge is 0.508 e. The number of fused-ring (bicyclic) bond motifs is 2. The number of sulfonamides is 2. The van der Waals surface area contributed by atoms with E-state index in [1.165, 1.54) is 30.3 Å². The summed E-state index contributed by atoms with van der Waals surface area (Å²) in [5.74, 6) is 0.117. The number of primary sulfonamides is 2. The first-order valence-corrected chi connectivity index (χ1v) is 11.9. The quantitative estimate of drug-likeness (QED) is 0.344. The van der Waals surface area contributed by atoms with Crippen LogP contribution in [-0.4, -0.2) is 37.0 Å². The Balaban J connectivity index is 0.000000161. The van der Waals surface area contributed by atoms with Gasteiger partial charge in [-0.3, -0.25) is 0 Å². The van der Waals surface area contributed by atoms with Crippen molar-refractivity contribution in [2.75, 3.05) is 0 Å². The molecule has 0 bridgehead atoms. The summed E-state index contributed by atoms with van der Waals surface area (Å²) < 4.78 is 44.8. The molecule has 0 aliphatic heterocycles. The van der Waals surface area contributed by atoms with Crippen molar-refractivity contribution >= 4 is 63.2 Å². The minimum atomic E-state index is -3.75. The zero-order valence-electron chi connectivity index (χ0n) is 13.7. The monoisotopic (exact) mass is 460 g/mol. The van der Waals surface area contributed by atoms with Crippen LogP contribution < -0.4 is 10.3 Å². The predicted molar refractivity (Wildman–Crippen MR) is 105 cm³/mol. The molecule has 0 atom stereocenters. The number of rotatable bonds is 2. The highest BCUT2D eigenvalue weighted by atomic mass is 32.3. The second kappa shape index (κ2) is 7.23. The molecule has 0 fully saturated rings. The molecule has 0 unspecified atom stereocenters. The van der Waals surface area contributed by atoms with E-state index in [1.54, 1.807) is 6.07 Å². The van der Waals surface area contributed by atoms with E-state index < -0.39 is 20.0 Å². The first-order valence-electron chi connectivity index (χ1n) is 7.18. The van der Waals surface area contributed by atoms with Gasteiger partial charge in [0.2, 0.25) is 8.68 Å². The standard InChI is InChI=1S/2C7H6N2O3S2/c8-14(11,12)7-9-5-3-4(10)1-2-6(5)13-7;8-14(11,12)7-9-5-2-1-4(10)3-6(5)13-7/h2*1-3,10H,(H2,8,11,12). The molecule has 0 saturated carbocycles. The molecule has 0 amide bonds. The molecule has 6 N–H and O–H groups in total. The number of nitrogens with zero attached hydrogens (tertiary/aromatic N) is 2. The molecule has 4 aromatic rings. The first kappa shape index (κ1) is 20.4. The van der Waals surface area contributed by atoms with E-state index in [2.05, 4.69) is 9.97 Å². The molecule has 0 aliphatic rings. The van der Waals surface area contributed by atoms with Crippen molar-refractivity contribution in [1.82, 2.24) is 9.97 Å². The van der Waals surface area contributed by atoms with Crippen LogP contribution in [0.5, 0.6) is 11.5 Å². The Bertz CT molecular complexity index is 1280. The summed E-state index contributed by atoms with van der Waals surface area (Å²) in [5.41, 5.74) is 0.941. The van der Waals surface area contributed by atoms with Crippen LogP contribution in [0.3, 0.4) is 0 Å². The Morgan fingerprint density at radius 2 is 1.21 bits per heavy atom. The fourth-order valence-corrected chi connectivity index (χ4v) is 5.36. The number of phenols is 2. The van der Waals surface area contributed by atoms with Gasteiger partial charge in [-0.05, 0) is 30.3 Å². The highest BCUT2D eigenvalue weighted by Crippen LogP contribution is 2.28. The molecule has 14 heteroatoms. The van der Waals surface area contributed by atoms with Crippen LogP contribution in [0.15, 0.2) is 45.1 Å². The number of aromatic hydroxyl groups is 2. The van der Waals surface area contributed by atoms with Gasteiger partial charge in [-0.15, -0.1) is 22.7 Å². The van der Waals surface area contributed by atoms with Gasteiger partial charge in [-0.1, -0.05) is 0 Å². The number of hydrogen-bond donors (Lipinski definition) is 4. The average Bonchev–Trinajstić information content (AvgIpc) is 3.17. The SMILES string of the molecule is NS(=O)(=O)c1nc2cc(O)ccc2s1.NS(=O)(=O)c1nc2ccc(O)cc2s1. The number of aromatic nitrogens is 2.